The highest BCUT2D eigenvalue weighted by Crippen LogP contribution is 2.19. The SMILES string of the molecule is Cc1ccoc1C(=O)N[C@@H](C)c1nnc2n1CCC2. The highest BCUT2D eigenvalue weighted by atomic mass is 16.3. The molecule has 2 aromatic rings. The van der Waals surface area contributed by atoms with Crippen molar-refractivity contribution in [3.05, 3.63) is 35.3 Å². The summed E-state index contributed by atoms with van der Waals surface area (Å²) < 4.78 is 7.27. The van der Waals surface area contributed by atoms with Crippen molar-refractivity contribution in [2.75, 3.05) is 0 Å². The van der Waals surface area contributed by atoms with Crippen LogP contribution in [0.4, 0.5) is 0 Å². The summed E-state index contributed by atoms with van der Waals surface area (Å²) in [5.74, 6) is 1.95. The van der Waals surface area contributed by atoms with E-state index in [9.17, 15) is 4.79 Å². The van der Waals surface area contributed by atoms with Crippen molar-refractivity contribution in [1.29, 1.82) is 0 Å². The molecule has 2 aromatic heterocycles. The van der Waals surface area contributed by atoms with E-state index in [1.165, 1.54) is 6.26 Å². The van der Waals surface area contributed by atoms with Crippen LogP contribution in [0.25, 0.3) is 0 Å². The first-order valence-electron chi connectivity index (χ1n) is 6.43. The Morgan fingerprint density at radius 2 is 2.37 bits per heavy atom. The molecule has 1 amide bonds. The maximum absolute atomic E-state index is 12.1. The maximum atomic E-state index is 12.1. The number of amides is 1. The molecule has 0 radical (unpaired) electrons. The van der Waals surface area contributed by atoms with Crippen molar-refractivity contribution in [1.82, 2.24) is 20.1 Å². The van der Waals surface area contributed by atoms with E-state index in [1.807, 2.05) is 13.8 Å². The molecule has 6 nitrogen and oxygen atoms in total. The topological polar surface area (TPSA) is 73.0 Å². The van der Waals surface area contributed by atoms with E-state index < -0.39 is 0 Å². The highest BCUT2D eigenvalue weighted by Gasteiger charge is 2.23. The minimum absolute atomic E-state index is 0.184. The van der Waals surface area contributed by atoms with Crippen LogP contribution in [-0.2, 0) is 13.0 Å². The third-order valence-corrected chi connectivity index (χ3v) is 3.44. The molecule has 0 unspecified atom stereocenters. The predicted octanol–water partition coefficient (Wildman–Crippen LogP) is 1.62. The number of carbonyl (C=O) groups excluding carboxylic acids is 1. The first kappa shape index (κ1) is 12.0. The van der Waals surface area contributed by atoms with E-state index >= 15 is 0 Å². The fourth-order valence-electron chi connectivity index (χ4n) is 2.43. The molecule has 1 aliphatic heterocycles. The molecule has 3 heterocycles. The second-order valence-electron chi connectivity index (χ2n) is 4.86. The summed E-state index contributed by atoms with van der Waals surface area (Å²) in [6, 6.07) is 1.59. The predicted molar refractivity (Wildman–Crippen MR) is 67.7 cm³/mol. The van der Waals surface area contributed by atoms with Gasteiger partial charge in [0.15, 0.2) is 11.6 Å². The Morgan fingerprint density at radius 1 is 1.53 bits per heavy atom. The minimum Gasteiger partial charge on any atom is -0.459 e. The number of furan rings is 1. The molecule has 0 saturated carbocycles. The van der Waals surface area contributed by atoms with E-state index in [-0.39, 0.29) is 11.9 Å². The van der Waals surface area contributed by atoms with Crippen LogP contribution in [0, 0.1) is 6.92 Å². The Labute approximate surface area is 110 Å². The van der Waals surface area contributed by atoms with Gasteiger partial charge in [0.1, 0.15) is 5.82 Å². The first-order chi connectivity index (χ1) is 9.16. The van der Waals surface area contributed by atoms with Crippen LogP contribution >= 0.6 is 0 Å². The summed E-state index contributed by atoms with van der Waals surface area (Å²) in [4.78, 5) is 12.1. The second-order valence-corrected chi connectivity index (χ2v) is 4.86. The molecular weight excluding hydrogens is 244 g/mol. The largest absolute Gasteiger partial charge is 0.459 e. The molecule has 0 spiro atoms. The average Bonchev–Trinajstić information content (AvgIpc) is 3.02. The molecule has 0 aromatic carbocycles. The maximum Gasteiger partial charge on any atom is 0.287 e. The van der Waals surface area contributed by atoms with Gasteiger partial charge in [0.05, 0.1) is 12.3 Å². The van der Waals surface area contributed by atoms with Crippen LogP contribution in [-0.4, -0.2) is 20.7 Å². The Morgan fingerprint density at radius 3 is 3.11 bits per heavy atom. The molecule has 1 atom stereocenters. The molecule has 19 heavy (non-hydrogen) atoms. The quantitative estimate of drug-likeness (QED) is 0.910. The molecule has 1 aliphatic rings. The second kappa shape index (κ2) is 4.53. The van der Waals surface area contributed by atoms with Crippen LogP contribution in [0.1, 0.15) is 47.2 Å². The molecule has 0 aliphatic carbocycles. The van der Waals surface area contributed by atoms with E-state index in [1.54, 1.807) is 6.07 Å². The van der Waals surface area contributed by atoms with E-state index in [0.29, 0.717) is 5.76 Å². The monoisotopic (exact) mass is 260 g/mol. The van der Waals surface area contributed by atoms with Crippen LogP contribution in [0.3, 0.4) is 0 Å². The summed E-state index contributed by atoms with van der Waals surface area (Å²) in [6.45, 7) is 4.68. The van der Waals surface area contributed by atoms with E-state index in [0.717, 1.165) is 36.6 Å². The zero-order valence-electron chi connectivity index (χ0n) is 11.0. The number of aryl methyl sites for hydroxylation is 2. The van der Waals surface area contributed by atoms with Gasteiger partial charge in [-0.15, -0.1) is 10.2 Å². The standard InChI is InChI=1S/C13H16N4O2/c1-8-5-7-19-11(8)13(18)14-9(2)12-16-15-10-4-3-6-17(10)12/h5,7,9H,3-4,6H2,1-2H3,(H,14,18)/t9-/m0/s1. The number of fused-ring (bicyclic) bond motifs is 1. The van der Waals surface area contributed by atoms with E-state index in [4.69, 9.17) is 4.42 Å². The van der Waals surface area contributed by atoms with Crippen molar-refractivity contribution < 1.29 is 9.21 Å². The number of hydrogen-bond acceptors (Lipinski definition) is 4. The zero-order chi connectivity index (χ0) is 13.4. The molecule has 3 rings (SSSR count). The Kier molecular flexibility index (Phi) is 2.85. The lowest BCUT2D eigenvalue weighted by Gasteiger charge is -2.13. The number of nitrogens with zero attached hydrogens (tertiary/aromatic N) is 3. The Bertz CT molecular complexity index is 614. The van der Waals surface area contributed by atoms with Crippen molar-refractivity contribution in [3.8, 4) is 0 Å². The summed E-state index contributed by atoms with van der Waals surface area (Å²) >= 11 is 0. The van der Waals surface area contributed by atoms with Gasteiger partial charge < -0.3 is 14.3 Å². The molecule has 6 heteroatoms. The summed E-state index contributed by atoms with van der Waals surface area (Å²) in [6.07, 6.45) is 3.57. The molecule has 100 valence electrons. The van der Waals surface area contributed by atoms with Gasteiger partial charge in [0, 0.05) is 18.5 Å². The van der Waals surface area contributed by atoms with Crippen molar-refractivity contribution in [2.45, 2.75) is 39.3 Å². The molecular formula is C13H16N4O2. The molecule has 1 N–H and O–H groups in total. The van der Waals surface area contributed by atoms with Gasteiger partial charge in [-0.2, -0.15) is 0 Å². The third-order valence-electron chi connectivity index (χ3n) is 3.44. The van der Waals surface area contributed by atoms with Gasteiger partial charge >= 0.3 is 0 Å². The smallest absolute Gasteiger partial charge is 0.287 e. The van der Waals surface area contributed by atoms with E-state index in [2.05, 4.69) is 20.1 Å². The normalized spacial score (nSPS) is 15.3. The minimum atomic E-state index is -0.217. The highest BCUT2D eigenvalue weighted by molar-refractivity contribution is 5.92. The lowest BCUT2D eigenvalue weighted by Crippen LogP contribution is -2.28. The number of aromatic nitrogens is 3. The average molecular weight is 260 g/mol. The fourth-order valence-corrected chi connectivity index (χ4v) is 2.43. The van der Waals surface area contributed by atoms with Gasteiger partial charge in [0.25, 0.3) is 5.91 Å². The third kappa shape index (κ3) is 2.03. The van der Waals surface area contributed by atoms with Gasteiger partial charge in [-0.3, -0.25) is 4.79 Å². The van der Waals surface area contributed by atoms with Crippen molar-refractivity contribution in [2.24, 2.45) is 0 Å². The summed E-state index contributed by atoms with van der Waals surface area (Å²) in [7, 11) is 0. The van der Waals surface area contributed by atoms with Crippen molar-refractivity contribution in [3.63, 3.8) is 0 Å². The van der Waals surface area contributed by atoms with Gasteiger partial charge in [-0.25, -0.2) is 0 Å². The summed E-state index contributed by atoms with van der Waals surface area (Å²) in [5.41, 5.74) is 0.830. The number of hydrogen-bond donors (Lipinski definition) is 1. The van der Waals surface area contributed by atoms with Gasteiger partial charge in [0.2, 0.25) is 0 Å². The van der Waals surface area contributed by atoms with Crippen molar-refractivity contribution >= 4 is 5.91 Å². The summed E-state index contributed by atoms with van der Waals surface area (Å²) in [5, 5.41) is 11.2. The number of nitrogens with one attached hydrogen (secondary N) is 1. The number of rotatable bonds is 3. The lowest BCUT2D eigenvalue weighted by molar-refractivity contribution is 0.0908. The molecule has 0 fully saturated rings. The Hall–Kier alpha value is -2.11. The zero-order valence-corrected chi connectivity index (χ0v) is 11.0. The van der Waals surface area contributed by atoms with Crippen LogP contribution in [0.15, 0.2) is 16.7 Å². The van der Waals surface area contributed by atoms with Crippen LogP contribution in [0.5, 0.6) is 0 Å². The number of carbonyl (C=O) groups is 1. The van der Waals surface area contributed by atoms with Crippen LogP contribution in [0.2, 0.25) is 0 Å². The molecule has 0 saturated heterocycles. The Balaban J connectivity index is 1.76. The van der Waals surface area contributed by atoms with Gasteiger partial charge in [-0.1, -0.05) is 0 Å². The lowest BCUT2D eigenvalue weighted by atomic mass is 10.2. The van der Waals surface area contributed by atoms with Gasteiger partial charge in [-0.05, 0) is 26.3 Å². The molecule has 0 bridgehead atoms. The van der Waals surface area contributed by atoms with Crippen LogP contribution < -0.4 is 5.32 Å². The first-order valence-corrected chi connectivity index (χ1v) is 6.43. The fraction of sp³-hybridized carbons (Fsp3) is 0.462.